The molecule has 0 bridgehead atoms. The lowest BCUT2D eigenvalue weighted by Gasteiger charge is -2.29. The first kappa shape index (κ1) is 19.2. The van der Waals surface area contributed by atoms with Crippen molar-refractivity contribution in [2.24, 2.45) is 0 Å². The molecule has 1 saturated carbocycles. The standard InChI is InChI=1S/C24H22N4O3/c29-23(17-7-5-15(6-8-17)21-13-25-14-31-21)26-18-11-9-16(10-12-18)22-19-3-1-2-4-20(19)24(30)28-27-22/h1-8,13-14,16,18H,9-12H2,(H,26,29)(H,28,30)/t16-,18-. The highest BCUT2D eigenvalue weighted by Gasteiger charge is 2.26. The van der Waals surface area contributed by atoms with Crippen LogP contribution in [-0.4, -0.2) is 27.1 Å². The number of aromatic amines is 1. The molecule has 2 aromatic carbocycles. The average molecular weight is 414 g/mol. The summed E-state index contributed by atoms with van der Waals surface area (Å²) in [5, 5.41) is 11.7. The van der Waals surface area contributed by atoms with Gasteiger partial charge in [-0.3, -0.25) is 9.59 Å². The van der Waals surface area contributed by atoms with E-state index in [1.54, 1.807) is 18.3 Å². The summed E-state index contributed by atoms with van der Waals surface area (Å²) in [6, 6.07) is 15.1. The zero-order chi connectivity index (χ0) is 21.2. The molecule has 7 nitrogen and oxygen atoms in total. The second-order valence-corrected chi connectivity index (χ2v) is 7.95. The van der Waals surface area contributed by atoms with Gasteiger partial charge in [-0.25, -0.2) is 10.1 Å². The summed E-state index contributed by atoms with van der Waals surface area (Å²) in [7, 11) is 0. The molecule has 0 saturated heterocycles. The third-order valence-corrected chi connectivity index (χ3v) is 6.04. The van der Waals surface area contributed by atoms with Gasteiger partial charge in [0.1, 0.15) is 0 Å². The fourth-order valence-corrected chi connectivity index (χ4v) is 4.37. The van der Waals surface area contributed by atoms with Crippen molar-refractivity contribution in [3.8, 4) is 11.3 Å². The van der Waals surface area contributed by atoms with Gasteiger partial charge in [-0.05, 0) is 43.9 Å². The van der Waals surface area contributed by atoms with Crippen LogP contribution in [0.1, 0.15) is 47.7 Å². The van der Waals surface area contributed by atoms with Gasteiger partial charge in [0, 0.05) is 28.5 Å². The van der Waals surface area contributed by atoms with Crippen molar-refractivity contribution in [2.45, 2.75) is 37.6 Å². The first-order valence-electron chi connectivity index (χ1n) is 10.5. The molecule has 2 N–H and O–H groups in total. The van der Waals surface area contributed by atoms with Gasteiger partial charge < -0.3 is 9.73 Å². The summed E-state index contributed by atoms with van der Waals surface area (Å²) in [5.41, 5.74) is 2.30. The van der Waals surface area contributed by atoms with Crippen LogP contribution in [0, 0.1) is 0 Å². The molecule has 0 atom stereocenters. The predicted molar refractivity (Wildman–Crippen MR) is 117 cm³/mol. The molecule has 0 radical (unpaired) electrons. The summed E-state index contributed by atoms with van der Waals surface area (Å²) in [4.78, 5) is 28.6. The van der Waals surface area contributed by atoms with E-state index in [-0.39, 0.29) is 23.4 Å². The highest BCUT2D eigenvalue weighted by molar-refractivity contribution is 5.94. The molecule has 156 valence electrons. The molecule has 1 aliphatic rings. The Bertz CT molecular complexity index is 1250. The van der Waals surface area contributed by atoms with Gasteiger partial charge >= 0.3 is 0 Å². The number of nitrogens with zero attached hydrogens (tertiary/aromatic N) is 2. The molecule has 5 rings (SSSR count). The number of fused-ring (bicyclic) bond motifs is 1. The summed E-state index contributed by atoms with van der Waals surface area (Å²) in [6.45, 7) is 0. The molecule has 0 unspecified atom stereocenters. The number of nitrogens with one attached hydrogen (secondary N) is 2. The van der Waals surface area contributed by atoms with Gasteiger partial charge in [0.25, 0.3) is 11.5 Å². The maximum Gasteiger partial charge on any atom is 0.272 e. The summed E-state index contributed by atoms with van der Waals surface area (Å²) >= 11 is 0. The van der Waals surface area contributed by atoms with Crippen LogP contribution in [0.4, 0.5) is 0 Å². The van der Waals surface area contributed by atoms with Crippen molar-refractivity contribution in [1.29, 1.82) is 0 Å². The van der Waals surface area contributed by atoms with Gasteiger partial charge in [-0.1, -0.05) is 30.3 Å². The lowest BCUT2D eigenvalue weighted by Crippen LogP contribution is -2.37. The molecule has 0 spiro atoms. The molecule has 2 heterocycles. The number of oxazole rings is 1. The van der Waals surface area contributed by atoms with Crippen LogP contribution in [0.2, 0.25) is 0 Å². The van der Waals surface area contributed by atoms with Gasteiger partial charge in [0.2, 0.25) is 0 Å². The first-order valence-corrected chi connectivity index (χ1v) is 10.5. The molecule has 31 heavy (non-hydrogen) atoms. The number of benzene rings is 2. The minimum atomic E-state index is -0.158. The first-order chi connectivity index (χ1) is 15.2. The van der Waals surface area contributed by atoms with E-state index >= 15 is 0 Å². The molecule has 1 aliphatic carbocycles. The van der Waals surface area contributed by atoms with Crippen LogP contribution >= 0.6 is 0 Å². The van der Waals surface area contributed by atoms with E-state index in [9.17, 15) is 9.59 Å². The van der Waals surface area contributed by atoms with Crippen LogP contribution in [0.15, 0.2) is 70.3 Å². The SMILES string of the molecule is O=C(N[C@H]1CC[C@H](c2n[nH]c(=O)c3ccccc32)CC1)c1ccc(-c2cnco2)cc1. The Morgan fingerprint density at radius 2 is 1.74 bits per heavy atom. The minimum absolute atomic E-state index is 0.0693. The van der Waals surface area contributed by atoms with E-state index in [0.29, 0.717) is 16.7 Å². The summed E-state index contributed by atoms with van der Waals surface area (Å²) in [5.74, 6) is 0.880. The number of rotatable bonds is 4. The number of H-pyrrole nitrogens is 1. The van der Waals surface area contributed by atoms with Crippen molar-refractivity contribution in [3.63, 3.8) is 0 Å². The Morgan fingerprint density at radius 3 is 2.45 bits per heavy atom. The lowest BCUT2D eigenvalue weighted by atomic mass is 9.82. The number of amides is 1. The molecule has 7 heteroatoms. The fourth-order valence-electron chi connectivity index (χ4n) is 4.37. The maximum atomic E-state index is 12.7. The number of carbonyl (C=O) groups is 1. The van der Waals surface area contributed by atoms with Crippen LogP contribution in [0.3, 0.4) is 0 Å². The summed E-state index contributed by atoms with van der Waals surface area (Å²) in [6.07, 6.45) is 6.62. The van der Waals surface area contributed by atoms with Gasteiger partial charge in [0.15, 0.2) is 12.2 Å². The monoisotopic (exact) mass is 414 g/mol. The highest BCUT2D eigenvalue weighted by atomic mass is 16.3. The van der Waals surface area contributed by atoms with E-state index < -0.39 is 0 Å². The van der Waals surface area contributed by atoms with Crippen molar-refractivity contribution in [3.05, 3.63) is 82.7 Å². The van der Waals surface area contributed by atoms with Crippen molar-refractivity contribution in [1.82, 2.24) is 20.5 Å². The van der Waals surface area contributed by atoms with Crippen LogP contribution in [0.5, 0.6) is 0 Å². The number of hydrogen-bond acceptors (Lipinski definition) is 5. The van der Waals surface area contributed by atoms with Gasteiger partial charge in [-0.2, -0.15) is 5.10 Å². The molecule has 1 amide bonds. The number of hydrogen-bond donors (Lipinski definition) is 2. The number of carbonyl (C=O) groups excluding carboxylic acids is 1. The zero-order valence-corrected chi connectivity index (χ0v) is 16.9. The Balaban J connectivity index is 1.23. The Morgan fingerprint density at radius 1 is 1.00 bits per heavy atom. The van der Waals surface area contributed by atoms with Crippen LogP contribution < -0.4 is 10.9 Å². The largest absolute Gasteiger partial charge is 0.444 e. The fraction of sp³-hybridized carbons (Fsp3) is 0.250. The Labute approximate surface area is 178 Å². The van der Waals surface area contributed by atoms with Gasteiger partial charge in [-0.15, -0.1) is 0 Å². The third kappa shape index (κ3) is 3.86. The second kappa shape index (κ2) is 8.18. The van der Waals surface area contributed by atoms with E-state index in [2.05, 4.69) is 20.5 Å². The van der Waals surface area contributed by atoms with Gasteiger partial charge in [0.05, 0.1) is 17.3 Å². The second-order valence-electron chi connectivity index (χ2n) is 7.95. The highest BCUT2D eigenvalue weighted by Crippen LogP contribution is 2.34. The quantitative estimate of drug-likeness (QED) is 0.525. The minimum Gasteiger partial charge on any atom is -0.444 e. The maximum absolute atomic E-state index is 12.7. The topological polar surface area (TPSA) is 101 Å². The van der Waals surface area contributed by atoms with Crippen molar-refractivity contribution >= 4 is 16.7 Å². The summed E-state index contributed by atoms with van der Waals surface area (Å²) < 4.78 is 5.28. The van der Waals surface area contributed by atoms with Crippen molar-refractivity contribution < 1.29 is 9.21 Å². The van der Waals surface area contributed by atoms with Crippen molar-refractivity contribution in [2.75, 3.05) is 0 Å². The molecule has 1 fully saturated rings. The van der Waals surface area contributed by atoms with E-state index in [1.807, 2.05) is 36.4 Å². The molecule has 4 aromatic rings. The predicted octanol–water partition coefficient (Wildman–Crippen LogP) is 4.03. The Hall–Kier alpha value is -3.74. The molecule has 2 aromatic heterocycles. The zero-order valence-electron chi connectivity index (χ0n) is 16.9. The molecular formula is C24H22N4O3. The third-order valence-electron chi connectivity index (χ3n) is 6.04. The van der Waals surface area contributed by atoms with E-state index in [1.165, 1.54) is 6.39 Å². The molecular weight excluding hydrogens is 392 g/mol. The van der Waals surface area contributed by atoms with Crippen LogP contribution in [-0.2, 0) is 0 Å². The lowest BCUT2D eigenvalue weighted by molar-refractivity contribution is 0.0925. The smallest absolute Gasteiger partial charge is 0.272 e. The van der Waals surface area contributed by atoms with E-state index in [0.717, 1.165) is 42.3 Å². The average Bonchev–Trinajstić information content (AvgIpc) is 3.35. The normalized spacial score (nSPS) is 18.7. The van der Waals surface area contributed by atoms with E-state index in [4.69, 9.17) is 4.42 Å². The number of aromatic nitrogens is 3. The van der Waals surface area contributed by atoms with Crippen LogP contribution in [0.25, 0.3) is 22.1 Å². The Kier molecular flexibility index (Phi) is 5.08. The molecule has 0 aliphatic heterocycles.